The topological polar surface area (TPSA) is 41.1 Å². The van der Waals surface area contributed by atoms with Crippen LogP contribution in [0, 0.1) is 12.7 Å². The first kappa shape index (κ1) is 12.0. The quantitative estimate of drug-likeness (QED) is 0.826. The third kappa shape index (κ3) is 3.27. The lowest BCUT2D eigenvalue weighted by molar-refractivity contribution is -0.118. The number of rotatable bonds is 2. The summed E-state index contributed by atoms with van der Waals surface area (Å²) in [4.78, 5) is 11.9. The maximum atomic E-state index is 13.2. The number of anilines is 1. The molecule has 17 heavy (non-hydrogen) atoms. The Labute approximate surface area is 100 Å². The van der Waals surface area contributed by atoms with Crippen LogP contribution in [0.3, 0.4) is 0 Å². The number of aryl methyl sites for hydroxylation is 1. The summed E-state index contributed by atoms with van der Waals surface area (Å²) in [5, 5.41) is 5.91. The minimum atomic E-state index is -0.322. The van der Waals surface area contributed by atoms with Crippen molar-refractivity contribution in [2.24, 2.45) is 0 Å². The van der Waals surface area contributed by atoms with Gasteiger partial charge in [0, 0.05) is 5.69 Å². The summed E-state index contributed by atoms with van der Waals surface area (Å²) in [5.41, 5.74) is 1.33. The molecule has 1 aromatic rings. The van der Waals surface area contributed by atoms with Gasteiger partial charge in [0.2, 0.25) is 5.91 Å². The number of benzene rings is 1. The third-order valence-electron chi connectivity index (χ3n) is 2.94. The smallest absolute Gasteiger partial charge is 0.241 e. The zero-order valence-electron chi connectivity index (χ0n) is 9.92. The van der Waals surface area contributed by atoms with E-state index in [9.17, 15) is 9.18 Å². The van der Waals surface area contributed by atoms with Gasteiger partial charge >= 0.3 is 0 Å². The molecule has 3 nitrogen and oxygen atoms in total. The van der Waals surface area contributed by atoms with Crippen LogP contribution in [0.4, 0.5) is 10.1 Å². The highest BCUT2D eigenvalue weighted by molar-refractivity contribution is 5.94. The molecule has 0 aliphatic carbocycles. The molecule has 0 radical (unpaired) electrons. The van der Waals surface area contributed by atoms with Gasteiger partial charge in [-0.15, -0.1) is 0 Å². The van der Waals surface area contributed by atoms with E-state index in [2.05, 4.69) is 10.6 Å². The lowest BCUT2D eigenvalue weighted by Crippen LogP contribution is -2.43. The van der Waals surface area contributed by atoms with Crippen LogP contribution in [-0.4, -0.2) is 18.5 Å². The molecular formula is C13H17FN2O. The van der Waals surface area contributed by atoms with Gasteiger partial charge in [-0.3, -0.25) is 4.79 Å². The normalized spacial score (nSPS) is 20.0. The largest absolute Gasteiger partial charge is 0.325 e. The summed E-state index contributed by atoms with van der Waals surface area (Å²) in [6, 6.07) is 4.40. The molecule has 1 aromatic carbocycles. The standard InChI is InChI=1S/C13H17FN2O/c1-9-6-10(14)8-11(7-9)16-13(17)12-4-2-3-5-15-12/h6-8,12,15H,2-5H2,1H3,(H,16,17)/t12-/m1/s1. The summed E-state index contributed by atoms with van der Waals surface area (Å²) in [6.07, 6.45) is 3.02. The molecule has 1 amide bonds. The van der Waals surface area contributed by atoms with Crippen molar-refractivity contribution in [2.45, 2.75) is 32.2 Å². The summed E-state index contributed by atoms with van der Waals surface area (Å²) >= 11 is 0. The summed E-state index contributed by atoms with van der Waals surface area (Å²) < 4.78 is 13.2. The average Bonchev–Trinajstić information content (AvgIpc) is 2.28. The van der Waals surface area contributed by atoms with E-state index >= 15 is 0 Å². The highest BCUT2D eigenvalue weighted by atomic mass is 19.1. The summed E-state index contributed by atoms with van der Waals surface area (Å²) in [5.74, 6) is -0.397. The first-order chi connectivity index (χ1) is 8.15. The van der Waals surface area contributed by atoms with Gasteiger partial charge in [-0.25, -0.2) is 4.39 Å². The molecule has 1 atom stereocenters. The average molecular weight is 236 g/mol. The van der Waals surface area contributed by atoms with Gasteiger partial charge in [-0.05, 0) is 50.1 Å². The van der Waals surface area contributed by atoms with E-state index in [0.29, 0.717) is 5.69 Å². The van der Waals surface area contributed by atoms with Gasteiger partial charge in [-0.2, -0.15) is 0 Å². The lowest BCUT2D eigenvalue weighted by Gasteiger charge is -2.22. The molecule has 1 fully saturated rings. The third-order valence-corrected chi connectivity index (χ3v) is 2.94. The van der Waals surface area contributed by atoms with Crippen LogP contribution in [0.2, 0.25) is 0 Å². The molecule has 0 spiro atoms. The van der Waals surface area contributed by atoms with Crippen molar-refractivity contribution in [1.29, 1.82) is 0 Å². The second-order valence-corrected chi connectivity index (χ2v) is 4.51. The van der Waals surface area contributed by atoms with Gasteiger partial charge in [0.05, 0.1) is 6.04 Å². The van der Waals surface area contributed by atoms with Crippen molar-refractivity contribution in [3.8, 4) is 0 Å². The Bertz CT molecular complexity index is 394. The van der Waals surface area contributed by atoms with Gasteiger partial charge in [0.25, 0.3) is 0 Å². The first-order valence-electron chi connectivity index (χ1n) is 5.96. The number of nitrogens with one attached hydrogen (secondary N) is 2. The zero-order valence-corrected chi connectivity index (χ0v) is 9.92. The molecule has 0 saturated carbocycles. The zero-order chi connectivity index (χ0) is 12.3. The van der Waals surface area contributed by atoms with E-state index in [4.69, 9.17) is 0 Å². The Balaban J connectivity index is 2.01. The second-order valence-electron chi connectivity index (χ2n) is 4.51. The van der Waals surface area contributed by atoms with Crippen LogP contribution in [0.15, 0.2) is 18.2 Å². The molecule has 1 aliphatic heterocycles. The van der Waals surface area contributed by atoms with E-state index in [1.54, 1.807) is 13.0 Å². The SMILES string of the molecule is Cc1cc(F)cc(NC(=O)[C@H]2CCCCN2)c1. The van der Waals surface area contributed by atoms with E-state index in [-0.39, 0.29) is 17.8 Å². The molecule has 0 unspecified atom stereocenters. The van der Waals surface area contributed by atoms with Crippen molar-refractivity contribution >= 4 is 11.6 Å². The fourth-order valence-corrected chi connectivity index (χ4v) is 2.11. The van der Waals surface area contributed by atoms with Crippen LogP contribution < -0.4 is 10.6 Å². The number of hydrogen-bond donors (Lipinski definition) is 2. The van der Waals surface area contributed by atoms with Gasteiger partial charge in [-0.1, -0.05) is 6.42 Å². The molecular weight excluding hydrogens is 219 g/mol. The highest BCUT2D eigenvalue weighted by Gasteiger charge is 2.20. The fourth-order valence-electron chi connectivity index (χ4n) is 2.11. The highest BCUT2D eigenvalue weighted by Crippen LogP contribution is 2.15. The minimum Gasteiger partial charge on any atom is -0.325 e. The number of amides is 1. The molecule has 0 aromatic heterocycles. The number of carbonyl (C=O) groups excluding carboxylic acids is 1. The minimum absolute atomic E-state index is 0.0744. The molecule has 0 bridgehead atoms. The van der Waals surface area contributed by atoms with Crippen LogP contribution in [-0.2, 0) is 4.79 Å². The van der Waals surface area contributed by atoms with Crippen molar-refractivity contribution < 1.29 is 9.18 Å². The Kier molecular flexibility index (Phi) is 3.74. The van der Waals surface area contributed by atoms with Crippen molar-refractivity contribution in [1.82, 2.24) is 5.32 Å². The number of hydrogen-bond acceptors (Lipinski definition) is 2. The van der Waals surface area contributed by atoms with Gasteiger partial charge < -0.3 is 10.6 Å². The predicted octanol–water partition coefficient (Wildman–Crippen LogP) is 2.21. The Morgan fingerprint density at radius 2 is 2.24 bits per heavy atom. The Morgan fingerprint density at radius 1 is 1.41 bits per heavy atom. The molecule has 1 aliphatic rings. The maximum absolute atomic E-state index is 13.2. The van der Waals surface area contributed by atoms with Gasteiger partial charge in [0.15, 0.2) is 0 Å². The molecule has 92 valence electrons. The fraction of sp³-hybridized carbons (Fsp3) is 0.462. The van der Waals surface area contributed by atoms with Crippen molar-refractivity contribution in [3.63, 3.8) is 0 Å². The molecule has 1 saturated heterocycles. The van der Waals surface area contributed by atoms with E-state index in [1.165, 1.54) is 12.1 Å². The van der Waals surface area contributed by atoms with E-state index in [0.717, 1.165) is 31.4 Å². The summed E-state index contributed by atoms with van der Waals surface area (Å²) in [7, 11) is 0. The van der Waals surface area contributed by atoms with Crippen LogP contribution in [0.1, 0.15) is 24.8 Å². The Morgan fingerprint density at radius 3 is 2.88 bits per heavy atom. The number of carbonyl (C=O) groups is 1. The lowest BCUT2D eigenvalue weighted by atomic mass is 10.0. The monoisotopic (exact) mass is 236 g/mol. The van der Waals surface area contributed by atoms with Crippen molar-refractivity contribution in [2.75, 3.05) is 11.9 Å². The molecule has 2 rings (SSSR count). The van der Waals surface area contributed by atoms with Crippen molar-refractivity contribution in [3.05, 3.63) is 29.6 Å². The molecule has 2 N–H and O–H groups in total. The van der Waals surface area contributed by atoms with Crippen LogP contribution in [0.25, 0.3) is 0 Å². The molecule has 1 heterocycles. The number of piperidine rings is 1. The van der Waals surface area contributed by atoms with E-state index < -0.39 is 0 Å². The maximum Gasteiger partial charge on any atom is 0.241 e. The van der Waals surface area contributed by atoms with Crippen LogP contribution >= 0.6 is 0 Å². The van der Waals surface area contributed by atoms with Gasteiger partial charge in [0.1, 0.15) is 5.82 Å². The van der Waals surface area contributed by atoms with Crippen LogP contribution in [0.5, 0.6) is 0 Å². The predicted molar refractivity (Wildman–Crippen MR) is 65.4 cm³/mol. The number of halogens is 1. The summed E-state index contributed by atoms with van der Waals surface area (Å²) in [6.45, 7) is 2.68. The van der Waals surface area contributed by atoms with E-state index in [1.807, 2.05) is 0 Å². The first-order valence-corrected chi connectivity index (χ1v) is 5.96. The second kappa shape index (κ2) is 5.27. The molecule has 4 heteroatoms. The Hall–Kier alpha value is -1.42.